The molecule has 0 aromatic heterocycles. The Morgan fingerprint density at radius 1 is 1.57 bits per heavy atom. The predicted octanol–water partition coefficient (Wildman–Crippen LogP) is 2.53. The Bertz CT molecular complexity index is 670. The van der Waals surface area contributed by atoms with Gasteiger partial charge in [0.25, 0.3) is 0 Å². The largest absolute Gasteiger partial charge is 0.465 e. The van der Waals surface area contributed by atoms with Crippen molar-refractivity contribution in [3.8, 4) is 0 Å². The summed E-state index contributed by atoms with van der Waals surface area (Å²) >= 11 is 5.66. The highest BCUT2D eigenvalue weighted by Gasteiger charge is 2.41. The lowest BCUT2D eigenvalue weighted by molar-refractivity contribution is -0.125. The van der Waals surface area contributed by atoms with Gasteiger partial charge in [0, 0.05) is 23.6 Å². The van der Waals surface area contributed by atoms with E-state index in [1.54, 1.807) is 0 Å². The summed E-state index contributed by atoms with van der Waals surface area (Å²) in [6, 6.07) is 2.44. The Labute approximate surface area is 135 Å². The van der Waals surface area contributed by atoms with Crippen LogP contribution >= 0.6 is 11.6 Å². The van der Waals surface area contributed by atoms with E-state index >= 15 is 0 Å². The molecule has 0 aliphatic carbocycles. The zero-order valence-corrected chi connectivity index (χ0v) is 12.6. The topological polar surface area (TPSA) is 118 Å². The minimum absolute atomic E-state index is 0.0725. The lowest BCUT2D eigenvalue weighted by Gasteiger charge is -2.23. The van der Waals surface area contributed by atoms with Crippen LogP contribution in [0.5, 0.6) is 0 Å². The van der Waals surface area contributed by atoms with Gasteiger partial charge in [0.05, 0.1) is 11.1 Å². The van der Waals surface area contributed by atoms with Gasteiger partial charge in [-0.2, -0.15) is 0 Å². The first-order chi connectivity index (χ1) is 11.0. The summed E-state index contributed by atoms with van der Waals surface area (Å²) in [4.78, 5) is 27.0. The normalized spacial score (nSPS) is 20.0. The van der Waals surface area contributed by atoms with Crippen molar-refractivity contribution in [1.82, 2.24) is 10.2 Å². The zero-order chi connectivity index (χ0) is 17.0. The second-order valence-electron chi connectivity index (χ2n) is 4.91. The summed E-state index contributed by atoms with van der Waals surface area (Å²) in [7, 11) is 0. The second-order valence-corrected chi connectivity index (χ2v) is 5.32. The third-order valence-electron chi connectivity index (χ3n) is 3.56. The minimum Gasteiger partial charge on any atom is -0.465 e. The van der Waals surface area contributed by atoms with E-state index in [0.717, 1.165) is 4.90 Å². The average molecular weight is 342 g/mol. The number of nitrogens with zero attached hydrogens (tertiary/aromatic N) is 4. The molecule has 1 aromatic rings. The molecule has 2 amide bonds. The predicted molar refractivity (Wildman–Crippen MR) is 79.3 cm³/mol. The first kappa shape index (κ1) is 16.9. The van der Waals surface area contributed by atoms with Gasteiger partial charge in [-0.25, -0.2) is 9.18 Å². The summed E-state index contributed by atoms with van der Waals surface area (Å²) in [6.07, 6.45) is -1.03. The van der Waals surface area contributed by atoms with Crippen LogP contribution in [-0.4, -0.2) is 40.6 Å². The van der Waals surface area contributed by atoms with E-state index in [9.17, 15) is 14.0 Å². The molecule has 1 aliphatic heterocycles. The Morgan fingerprint density at radius 2 is 2.30 bits per heavy atom. The van der Waals surface area contributed by atoms with Crippen molar-refractivity contribution in [2.75, 3.05) is 6.54 Å². The zero-order valence-electron chi connectivity index (χ0n) is 11.8. The highest BCUT2D eigenvalue weighted by atomic mass is 35.5. The second kappa shape index (κ2) is 7.17. The van der Waals surface area contributed by atoms with Crippen LogP contribution in [0.3, 0.4) is 0 Å². The van der Waals surface area contributed by atoms with Crippen LogP contribution in [0, 0.1) is 5.82 Å². The summed E-state index contributed by atoms with van der Waals surface area (Å²) in [5.41, 5.74) is 8.69. The number of hydrogen-bond donors (Lipinski definition) is 2. The molecule has 2 atom stereocenters. The van der Waals surface area contributed by atoms with Crippen molar-refractivity contribution >= 4 is 23.6 Å². The van der Waals surface area contributed by atoms with Crippen LogP contribution in [0.1, 0.15) is 12.0 Å². The summed E-state index contributed by atoms with van der Waals surface area (Å²) < 4.78 is 13.8. The molecule has 10 heteroatoms. The van der Waals surface area contributed by atoms with Gasteiger partial charge < -0.3 is 10.4 Å². The maximum absolute atomic E-state index is 13.8. The average Bonchev–Trinajstić information content (AvgIpc) is 2.93. The lowest BCUT2D eigenvalue weighted by Crippen LogP contribution is -2.49. The molecule has 0 saturated carbocycles. The third-order valence-corrected chi connectivity index (χ3v) is 3.86. The molecule has 0 spiro atoms. The van der Waals surface area contributed by atoms with Crippen LogP contribution in [-0.2, 0) is 11.3 Å². The van der Waals surface area contributed by atoms with E-state index < -0.39 is 29.9 Å². The van der Waals surface area contributed by atoms with E-state index in [-0.39, 0.29) is 30.1 Å². The fourth-order valence-electron chi connectivity index (χ4n) is 2.47. The number of carbonyl (C=O) groups is 2. The molecule has 0 unspecified atom stereocenters. The van der Waals surface area contributed by atoms with Crippen LogP contribution < -0.4 is 5.32 Å². The van der Waals surface area contributed by atoms with Gasteiger partial charge in [-0.05, 0) is 18.0 Å². The molecule has 8 nitrogen and oxygen atoms in total. The maximum Gasteiger partial charge on any atom is 0.407 e. The molecule has 2 rings (SSSR count). The van der Waals surface area contributed by atoms with E-state index in [1.165, 1.54) is 18.2 Å². The molecule has 1 heterocycles. The number of rotatable bonds is 4. The van der Waals surface area contributed by atoms with Crippen LogP contribution in [0.2, 0.25) is 5.02 Å². The lowest BCUT2D eigenvalue weighted by atomic mass is 10.1. The first-order valence-corrected chi connectivity index (χ1v) is 7.08. The number of carbonyl (C=O) groups excluding carboxylic acids is 1. The number of likely N-dealkylation sites (tertiary alicyclic amines) is 1. The van der Waals surface area contributed by atoms with E-state index in [1.807, 2.05) is 0 Å². The minimum atomic E-state index is -1.28. The van der Waals surface area contributed by atoms with Crippen molar-refractivity contribution in [3.05, 3.63) is 45.0 Å². The molecule has 0 radical (unpaired) electrons. The maximum atomic E-state index is 13.8. The van der Waals surface area contributed by atoms with Crippen LogP contribution in [0.4, 0.5) is 9.18 Å². The van der Waals surface area contributed by atoms with E-state index in [2.05, 4.69) is 15.3 Å². The Balaban J connectivity index is 2.12. The monoisotopic (exact) mass is 341 g/mol. The standard InChI is InChI=1S/C13H13ClFN5O3/c14-8-3-1-2-7(10(8)15)6-17-12(21)11-9(18-19-16)4-5-20(11)13(22)23/h1-3,9,11H,4-6H2,(H,17,21)(H,22,23)/t9-,11+/m1/s1. The van der Waals surface area contributed by atoms with Gasteiger partial charge in [0.2, 0.25) is 5.91 Å². The van der Waals surface area contributed by atoms with Crippen molar-refractivity contribution in [3.63, 3.8) is 0 Å². The summed E-state index contributed by atoms with van der Waals surface area (Å²) in [5.74, 6) is -1.30. The van der Waals surface area contributed by atoms with Crippen molar-refractivity contribution in [2.45, 2.75) is 25.0 Å². The van der Waals surface area contributed by atoms with Crippen LogP contribution in [0.25, 0.3) is 10.4 Å². The number of azide groups is 1. The highest BCUT2D eigenvalue weighted by Crippen LogP contribution is 2.22. The van der Waals surface area contributed by atoms with E-state index in [4.69, 9.17) is 22.2 Å². The van der Waals surface area contributed by atoms with Crippen LogP contribution in [0.15, 0.2) is 23.3 Å². The molecule has 23 heavy (non-hydrogen) atoms. The SMILES string of the molecule is [N-]=[N+]=N[C@@H]1CCN(C(=O)O)[C@@H]1C(=O)NCc1cccc(Cl)c1F. The summed E-state index contributed by atoms with van der Waals surface area (Å²) in [5, 5.41) is 15.0. The van der Waals surface area contributed by atoms with Gasteiger partial charge >= 0.3 is 6.09 Å². The smallest absolute Gasteiger partial charge is 0.407 e. The van der Waals surface area contributed by atoms with Gasteiger partial charge in [0.15, 0.2) is 0 Å². The molecule has 122 valence electrons. The molecular formula is C13H13ClFN5O3. The fraction of sp³-hybridized carbons (Fsp3) is 0.385. The third kappa shape index (κ3) is 3.64. The van der Waals surface area contributed by atoms with Gasteiger partial charge in [-0.3, -0.25) is 9.69 Å². The number of amides is 2. The number of nitrogens with one attached hydrogen (secondary N) is 1. The Kier molecular flexibility index (Phi) is 5.25. The Morgan fingerprint density at radius 3 is 2.96 bits per heavy atom. The first-order valence-electron chi connectivity index (χ1n) is 6.70. The van der Waals surface area contributed by atoms with Crippen molar-refractivity contribution < 1.29 is 19.1 Å². The Hall–Kier alpha value is -2.51. The van der Waals surface area contributed by atoms with E-state index in [0.29, 0.717) is 0 Å². The molecule has 2 N–H and O–H groups in total. The number of carboxylic acid groups (broad SMARTS) is 1. The summed E-state index contributed by atoms with van der Waals surface area (Å²) in [6.45, 7) is -0.0686. The van der Waals surface area contributed by atoms with Crippen molar-refractivity contribution in [2.24, 2.45) is 5.11 Å². The number of benzene rings is 1. The molecule has 1 aliphatic rings. The quantitative estimate of drug-likeness (QED) is 0.497. The van der Waals surface area contributed by atoms with Crippen molar-refractivity contribution in [1.29, 1.82) is 0 Å². The molecule has 1 fully saturated rings. The molecule has 1 saturated heterocycles. The van der Waals surface area contributed by atoms with Gasteiger partial charge in [-0.1, -0.05) is 28.8 Å². The van der Waals surface area contributed by atoms with Gasteiger partial charge in [-0.15, -0.1) is 0 Å². The highest BCUT2D eigenvalue weighted by molar-refractivity contribution is 6.30. The fourth-order valence-corrected chi connectivity index (χ4v) is 2.66. The molecular weight excluding hydrogens is 329 g/mol. The molecule has 1 aromatic carbocycles. The number of halogens is 2. The van der Waals surface area contributed by atoms with Gasteiger partial charge in [0.1, 0.15) is 11.9 Å². The number of hydrogen-bond acceptors (Lipinski definition) is 3. The molecule has 0 bridgehead atoms.